The van der Waals surface area contributed by atoms with Gasteiger partial charge < -0.3 is 23.7 Å². The van der Waals surface area contributed by atoms with Crippen molar-refractivity contribution in [3.05, 3.63) is 65.7 Å². The van der Waals surface area contributed by atoms with Gasteiger partial charge in [0, 0.05) is 19.4 Å². The Balaban J connectivity index is 1.03. The summed E-state index contributed by atoms with van der Waals surface area (Å²) in [7, 11) is 1.68. The Hall–Kier alpha value is -1.92. The molecule has 5 atom stereocenters. The van der Waals surface area contributed by atoms with Crippen LogP contribution in [-0.4, -0.2) is 44.2 Å². The monoisotopic (exact) mass is 424 g/mol. The molecule has 0 spiro atoms. The zero-order chi connectivity index (χ0) is 21.1. The summed E-state index contributed by atoms with van der Waals surface area (Å²) in [6.45, 7) is 2.62. The molecule has 5 rings (SSSR count). The third-order valence-electron chi connectivity index (χ3n) is 6.87. The Morgan fingerprint density at radius 1 is 0.903 bits per heavy atom. The average Bonchev–Trinajstić information content (AvgIpc) is 3.36. The molecule has 5 heteroatoms. The van der Waals surface area contributed by atoms with Crippen LogP contribution in [0.1, 0.15) is 36.8 Å². The average molecular weight is 425 g/mol. The molecule has 0 N–H and O–H groups in total. The summed E-state index contributed by atoms with van der Waals surface area (Å²) in [4.78, 5) is 0. The van der Waals surface area contributed by atoms with Crippen LogP contribution in [0.4, 0.5) is 0 Å². The minimum absolute atomic E-state index is 0.0181. The predicted octanol–water partition coefficient (Wildman–Crippen LogP) is 4.52. The van der Waals surface area contributed by atoms with Crippen molar-refractivity contribution in [2.24, 2.45) is 5.92 Å². The fourth-order valence-electron chi connectivity index (χ4n) is 5.03. The number of fused-ring (bicyclic) bond motifs is 2. The van der Waals surface area contributed by atoms with Gasteiger partial charge in [0.2, 0.25) is 0 Å². The second-order valence-electron chi connectivity index (χ2n) is 9.04. The van der Waals surface area contributed by atoms with Gasteiger partial charge >= 0.3 is 0 Å². The van der Waals surface area contributed by atoms with E-state index in [9.17, 15) is 0 Å². The molecular weight excluding hydrogens is 392 g/mol. The normalized spacial score (nSPS) is 31.1. The van der Waals surface area contributed by atoms with Crippen molar-refractivity contribution >= 4 is 0 Å². The number of rotatable bonds is 10. The van der Waals surface area contributed by atoms with Gasteiger partial charge in [0.15, 0.2) is 0 Å². The van der Waals surface area contributed by atoms with Gasteiger partial charge in [-0.05, 0) is 42.0 Å². The van der Waals surface area contributed by atoms with E-state index in [1.165, 1.54) is 5.56 Å². The molecule has 1 saturated carbocycles. The van der Waals surface area contributed by atoms with Gasteiger partial charge in [0.1, 0.15) is 5.75 Å². The molecule has 166 valence electrons. The molecule has 0 unspecified atom stereocenters. The third kappa shape index (κ3) is 4.96. The van der Waals surface area contributed by atoms with Crippen LogP contribution in [0, 0.1) is 5.92 Å². The number of benzene rings is 2. The summed E-state index contributed by atoms with van der Waals surface area (Å²) in [6, 6.07) is 18.3. The highest BCUT2D eigenvalue weighted by atomic mass is 16.6. The second kappa shape index (κ2) is 9.29. The van der Waals surface area contributed by atoms with Crippen LogP contribution >= 0.6 is 0 Å². The first-order valence-electron chi connectivity index (χ1n) is 11.4. The molecule has 0 bridgehead atoms. The van der Waals surface area contributed by atoms with E-state index in [0.29, 0.717) is 25.7 Å². The van der Waals surface area contributed by atoms with Crippen molar-refractivity contribution in [1.29, 1.82) is 0 Å². The summed E-state index contributed by atoms with van der Waals surface area (Å²) in [6.07, 6.45) is 4.71. The first-order valence-corrected chi connectivity index (χ1v) is 11.4. The van der Waals surface area contributed by atoms with Crippen molar-refractivity contribution in [3.8, 4) is 5.75 Å². The van der Waals surface area contributed by atoms with Crippen molar-refractivity contribution < 1.29 is 23.7 Å². The molecule has 2 saturated heterocycles. The maximum atomic E-state index is 6.57. The van der Waals surface area contributed by atoms with Crippen molar-refractivity contribution in [2.45, 2.75) is 62.8 Å². The SMILES string of the molecule is COc1ccc(COCC[C@@]23C[C@@H]2C[C@H]2O[C@H](COCc4ccccc4)C[C@H]2O3)cc1. The molecule has 3 fully saturated rings. The van der Waals surface area contributed by atoms with Gasteiger partial charge in [-0.25, -0.2) is 0 Å². The molecule has 5 nitrogen and oxygen atoms in total. The van der Waals surface area contributed by atoms with E-state index >= 15 is 0 Å². The minimum atomic E-state index is 0.0181. The summed E-state index contributed by atoms with van der Waals surface area (Å²) < 4.78 is 29.9. The Labute approximate surface area is 184 Å². The first kappa shape index (κ1) is 21.0. The minimum Gasteiger partial charge on any atom is -0.497 e. The van der Waals surface area contributed by atoms with E-state index in [4.69, 9.17) is 23.7 Å². The lowest BCUT2D eigenvalue weighted by Gasteiger charge is -2.31. The molecule has 2 aliphatic heterocycles. The zero-order valence-corrected chi connectivity index (χ0v) is 18.2. The van der Waals surface area contributed by atoms with E-state index in [-0.39, 0.29) is 23.9 Å². The summed E-state index contributed by atoms with van der Waals surface area (Å²) in [5, 5.41) is 0. The van der Waals surface area contributed by atoms with Crippen LogP contribution < -0.4 is 4.74 Å². The van der Waals surface area contributed by atoms with Gasteiger partial charge in [-0.3, -0.25) is 0 Å². The van der Waals surface area contributed by atoms with Gasteiger partial charge in [-0.15, -0.1) is 0 Å². The van der Waals surface area contributed by atoms with Crippen molar-refractivity contribution in [2.75, 3.05) is 20.3 Å². The molecule has 31 heavy (non-hydrogen) atoms. The van der Waals surface area contributed by atoms with Crippen molar-refractivity contribution in [3.63, 3.8) is 0 Å². The van der Waals surface area contributed by atoms with Crippen LogP contribution in [0.2, 0.25) is 0 Å². The molecular formula is C26H32O5. The smallest absolute Gasteiger partial charge is 0.118 e. The Morgan fingerprint density at radius 2 is 1.68 bits per heavy atom. The molecule has 3 aliphatic rings. The van der Waals surface area contributed by atoms with Crippen LogP contribution in [-0.2, 0) is 32.2 Å². The second-order valence-corrected chi connectivity index (χ2v) is 9.04. The van der Waals surface area contributed by atoms with E-state index in [2.05, 4.69) is 24.3 Å². The van der Waals surface area contributed by atoms with Crippen LogP contribution in [0.3, 0.4) is 0 Å². The fraction of sp³-hybridized carbons (Fsp3) is 0.538. The number of ether oxygens (including phenoxy) is 5. The van der Waals surface area contributed by atoms with Crippen molar-refractivity contribution in [1.82, 2.24) is 0 Å². The largest absolute Gasteiger partial charge is 0.497 e. The Morgan fingerprint density at radius 3 is 2.48 bits per heavy atom. The van der Waals surface area contributed by atoms with Crippen LogP contribution in [0.15, 0.2) is 54.6 Å². The summed E-state index contributed by atoms with van der Waals surface area (Å²) >= 11 is 0. The predicted molar refractivity (Wildman–Crippen MR) is 117 cm³/mol. The molecule has 1 aliphatic carbocycles. The molecule has 0 amide bonds. The lowest BCUT2D eigenvalue weighted by atomic mass is 9.99. The number of methoxy groups -OCH3 is 1. The number of hydrogen-bond acceptors (Lipinski definition) is 5. The topological polar surface area (TPSA) is 46.2 Å². The Kier molecular flexibility index (Phi) is 6.28. The number of hydrogen-bond donors (Lipinski definition) is 0. The molecule has 0 radical (unpaired) electrons. The quantitative estimate of drug-likeness (QED) is 0.525. The fourth-order valence-corrected chi connectivity index (χ4v) is 5.03. The van der Waals surface area contributed by atoms with Crippen LogP contribution in [0.5, 0.6) is 5.75 Å². The van der Waals surface area contributed by atoms with Gasteiger partial charge in [0.25, 0.3) is 0 Å². The lowest BCUT2D eigenvalue weighted by Crippen LogP contribution is -2.38. The molecule has 0 aromatic heterocycles. The highest BCUT2D eigenvalue weighted by Crippen LogP contribution is 2.58. The van der Waals surface area contributed by atoms with E-state index in [0.717, 1.165) is 43.6 Å². The lowest BCUT2D eigenvalue weighted by molar-refractivity contribution is -0.120. The summed E-state index contributed by atoms with van der Waals surface area (Å²) in [5.74, 6) is 1.48. The highest BCUT2D eigenvalue weighted by Gasteiger charge is 2.62. The van der Waals surface area contributed by atoms with Gasteiger partial charge in [-0.2, -0.15) is 0 Å². The van der Waals surface area contributed by atoms with E-state index < -0.39 is 0 Å². The van der Waals surface area contributed by atoms with Crippen LogP contribution in [0.25, 0.3) is 0 Å². The molecule has 2 aromatic rings. The standard InChI is InChI=1S/C26H32O5/c1-27-22-9-7-20(8-10-22)16-28-12-11-26-15-21(26)13-24-25(31-26)14-23(30-24)18-29-17-19-5-3-2-4-6-19/h2-10,21,23-25H,11-18H2,1H3/t21-,23-,24+,25+,26+/m0/s1. The third-order valence-corrected chi connectivity index (χ3v) is 6.87. The maximum absolute atomic E-state index is 6.57. The first-order chi connectivity index (χ1) is 15.2. The Bertz CT molecular complexity index is 839. The molecule has 2 heterocycles. The van der Waals surface area contributed by atoms with E-state index in [1.54, 1.807) is 7.11 Å². The highest BCUT2D eigenvalue weighted by molar-refractivity contribution is 5.26. The summed E-state index contributed by atoms with van der Waals surface area (Å²) in [5.41, 5.74) is 2.38. The van der Waals surface area contributed by atoms with Gasteiger partial charge in [-0.1, -0.05) is 42.5 Å². The zero-order valence-electron chi connectivity index (χ0n) is 18.2. The van der Waals surface area contributed by atoms with E-state index in [1.807, 2.05) is 30.3 Å². The molecule has 2 aromatic carbocycles. The van der Waals surface area contributed by atoms with Gasteiger partial charge in [0.05, 0.1) is 50.8 Å². The maximum Gasteiger partial charge on any atom is 0.118 e.